The van der Waals surface area contributed by atoms with E-state index in [0.29, 0.717) is 88.0 Å². The molecule has 1 aromatic carbocycles. The standard InChI is InChI=1S/C19H18BrF3N2O.C16H21F3N2O2.C10H12F3N3.C10H19NO2.C6H3ClF3N/c20-17-4-2-1-3-14(17)10-16(26)9-13-7-8-25(12-13)18-6-5-15(11-24-18)19(21,22)23;1-15(2,3)23-14(22)8-11-6-7-21(10-11)13-5-4-12(9-20-13)16(17,18)19;11-10(12,13)7-1-2-9(15-5-7)16-4-3-8(14)6-16;1-10(2,3)13-9(12)6-8-4-5-11-7-8;7-5-2-1-4(3-11-5)6(8,9)10/h1-6,11,13H,7-10,12H2;4-5,9,11H,6-8,10H2,1-3H3;1-2,5,8H,3-4,6,14H2;8,11H,4-7H2,1-3H3;1-3H/t13-;11-;2*8-;/m0010./s1. The monoisotopic (exact) mass is 1350 g/mol. The molecular formula is C61H73BrClF12N9O5. The minimum absolute atomic E-state index is 0.0537. The lowest BCUT2D eigenvalue weighted by atomic mass is 9.98. The van der Waals surface area contributed by atoms with Gasteiger partial charge in [0.2, 0.25) is 0 Å². The summed E-state index contributed by atoms with van der Waals surface area (Å²) in [6.07, 6.45) is -8.85. The van der Waals surface area contributed by atoms with E-state index in [1.54, 1.807) is 0 Å². The van der Waals surface area contributed by atoms with Gasteiger partial charge < -0.3 is 35.2 Å². The van der Waals surface area contributed by atoms with Crippen molar-refractivity contribution in [3.63, 3.8) is 0 Å². The van der Waals surface area contributed by atoms with Crippen molar-refractivity contribution in [1.29, 1.82) is 0 Å². The van der Waals surface area contributed by atoms with Crippen molar-refractivity contribution >= 4 is 62.7 Å². The van der Waals surface area contributed by atoms with Crippen LogP contribution < -0.4 is 25.8 Å². The molecule has 490 valence electrons. The number of ether oxygens (including phenoxy) is 2. The number of nitrogens with one attached hydrogen (secondary N) is 1. The molecule has 4 fully saturated rings. The largest absolute Gasteiger partial charge is 0.460 e. The smallest absolute Gasteiger partial charge is 0.417 e. The van der Waals surface area contributed by atoms with Crippen LogP contribution in [0.1, 0.15) is 114 Å². The second-order valence-corrected chi connectivity index (χ2v) is 25.0. The number of halogens is 14. The molecule has 14 nitrogen and oxygen atoms in total. The number of carbonyl (C=O) groups is 3. The first-order valence-corrected chi connectivity index (χ1v) is 29.7. The maximum Gasteiger partial charge on any atom is 0.417 e. The molecule has 0 spiro atoms. The number of nitrogens with zero attached hydrogens (tertiary/aromatic N) is 7. The molecule has 4 atom stereocenters. The number of alkyl halides is 12. The van der Waals surface area contributed by atoms with Gasteiger partial charge in [0.25, 0.3) is 0 Å². The number of rotatable bonds is 11. The molecule has 89 heavy (non-hydrogen) atoms. The number of Topliss-reactive ketones (excluding diaryl/α,β-unsaturated/α-hetero) is 1. The van der Waals surface area contributed by atoms with Gasteiger partial charge in [-0.2, -0.15) is 52.7 Å². The number of aromatic nitrogens is 4. The second-order valence-electron chi connectivity index (χ2n) is 23.7. The highest BCUT2D eigenvalue weighted by molar-refractivity contribution is 9.10. The Balaban J connectivity index is 0.000000210. The average Bonchev–Trinajstić information content (AvgIpc) is 2.34. The van der Waals surface area contributed by atoms with Crippen molar-refractivity contribution in [2.45, 2.75) is 135 Å². The fourth-order valence-corrected chi connectivity index (χ4v) is 10.1. The lowest BCUT2D eigenvalue weighted by Crippen LogP contribution is -2.26. The van der Waals surface area contributed by atoms with Crippen molar-refractivity contribution in [3.8, 4) is 0 Å². The Hall–Kier alpha value is -6.32. The molecule has 4 aliphatic rings. The number of nitrogens with two attached hydrogens (primary N) is 1. The summed E-state index contributed by atoms with van der Waals surface area (Å²) in [7, 11) is 0. The molecule has 0 unspecified atom stereocenters. The van der Waals surface area contributed by atoms with Crippen LogP contribution in [0.2, 0.25) is 5.15 Å². The van der Waals surface area contributed by atoms with E-state index < -0.39 is 52.6 Å². The number of pyridine rings is 4. The summed E-state index contributed by atoms with van der Waals surface area (Å²) in [5.41, 5.74) is 2.81. The second kappa shape index (κ2) is 32.1. The quantitative estimate of drug-likeness (QED) is 0.0728. The Bertz CT molecular complexity index is 3010. The zero-order valence-corrected chi connectivity index (χ0v) is 52.2. The number of hydrogen-bond acceptors (Lipinski definition) is 14. The maximum atomic E-state index is 12.6. The molecule has 9 rings (SSSR count). The summed E-state index contributed by atoms with van der Waals surface area (Å²) in [5.74, 6) is 2.26. The zero-order chi connectivity index (χ0) is 66.1. The van der Waals surface area contributed by atoms with E-state index in [1.165, 1.54) is 18.2 Å². The lowest BCUT2D eigenvalue weighted by Gasteiger charge is -2.21. The van der Waals surface area contributed by atoms with Crippen molar-refractivity contribution in [2.24, 2.45) is 23.5 Å². The molecule has 5 aromatic rings. The predicted molar refractivity (Wildman–Crippen MR) is 317 cm³/mol. The van der Waals surface area contributed by atoms with Crippen LogP contribution in [0.5, 0.6) is 0 Å². The van der Waals surface area contributed by atoms with E-state index in [4.69, 9.17) is 26.8 Å². The number of hydrogen-bond donors (Lipinski definition) is 2. The number of ketones is 1. The fourth-order valence-electron chi connectivity index (χ4n) is 9.55. The number of esters is 2. The summed E-state index contributed by atoms with van der Waals surface area (Å²) in [5, 5.41) is 3.29. The minimum Gasteiger partial charge on any atom is -0.460 e. The van der Waals surface area contributed by atoms with E-state index in [1.807, 2.05) is 80.5 Å². The maximum absolute atomic E-state index is 12.6. The molecule has 3 N–H and O–H groups in total. The predicted octanol–water partition coefficient (Wildman–Crippen LogP) is 14.3. The number of anilines is 3. The highest BCUT2D eigenvalue weighted by Gasteiger charge is 2.35. The Morgan fingerprint density at radius 1 is 0.539 bits per heavy atom. The molecular weight excluding hydrogens is 1280 g/mol. The van der Waals surface area contributed by atoms with E-state index >= 15 is 0 Å². The van der Waals surface area contributed by atoms with Gasteiger partial charge in [-0.15, -0.1) is 0 Å². The van der Waals surface area contributed by atoms with Crippen molar-refractivity contribution in [3.05, 3.63) is 135 Å². The summed E-state index contributed by atoms with van der Waals surface area (Å²) in [4.78, 5) is 56.2. The summed E-state index contributed by atoms with van der Waals surface area (Å²) < 4.78 is 159. The molecule has 28 heteroatoms. The van der Waals surface area contributed by atoms with Crippen LogP contribution in [-0.4, -0.2) is 107 Å². The van der Waals surface area contributed by atoms with Crippen LogP contribution in [0.3, 0.4) is 0 Å². The summed E-state index contributed by atoms with van der Waals surface area (Å²) >= 11 is 8.73. The molecule has 4 saturated heterocycles. The van der Waals surface area contributed by atoms with Gasteiger partial charge in [-0.3, -0.25) is 14.4 Å². The number of carbonyl (C=O) groups excluding carboxylic acids is 3. The van der Waals surface area contributed by atoms with Gasteiger partial charge in [-0.1, -0.05) is 45.7 Å². The van der Waals surface area contributed by atoms with Gasteiger partial charge in [0, 0.05) is 93.8 Å². The zero-order valence-electron chi connectivity index (χ0n) is 49.9. The van der Waals surface area contributed by atoms with Crippen molar-refractivity contribution < 1.29 is 76.5 Å². The SMILES string of the molecule is CC(C)(C)OC(=O)C[C@@H]1CCN(c2ccc(C(F)(F)F)cn2)C1.CC(C)(C)OC(=O)C[C@@H]1CCNC1.FC(F)(F)c1ccc(Cl)nc1.N[C@@H]1CCN(c2ccc(C(F)(F)F)cn2)C1.O=C(Cc1ccccc1Br)C[C@@H]1CCN(c2ccc(C(F)(F)F)cn2)C1. The summed E-state index contributed by atoms with van der Waals surface area (Å²) in [6, 6.07) is 17.0. The van der Waals surface area contributed by atoms with Gasteiger partial charge in [-0.25, -0.2) is 19.9 Å². The van der Waals surface area contributed by atoms with Gasteiger partial charge in [0.15, 0.2) is 0 Å². The fraction of sp³-hybridized carbons (Fsp3) is 0.525. The summed E-state index contributed by atoms with van der Waals surface area (Å²) in [6.45, 7) is 17.2. The Labute approximate surface area is 522 Å². The average molecular weight is 1360 g/mol. The Morgan fingerprint density at radius 3 is 1.28 bits per heavy atom. The molecule has 0 amide bonds. The first kappa shape index (κ1) is 73.4. The van der Waals surface area contributed by atoms with Gasteiger partial charge in [0.05, 0.1) is 28.7 Å². The van der Waals surface area contributed by atoms with Crippen LogP contribution in [-0.2, 0) is 55.0 Å². The van der Waals surface area contributed by atoms with Crippen LogP contribution >= 0.6 is 27.5 Å². The van der Waals surface area contributed by atoms with Crippen LogP contribution in [0.15, 0.2) is 102 Å². The number of benzene rings is 1. The van der Waals surface area contributed by atoms with Crippen molar-refractivity contribution in [2.75, 3.05) is 67.1 Å². The highest BCUT2D eigenvalue weighted by Crippen LogP contribution is 2.35. The molecule has 4 aromatic heterocycles. The van der Waals surface area contributed by atoms with E-state index in [-0.39, 0.29) is 46.4 Å². The first-order valence-electron chi connectivity index (χ1n) is 28.5. The first-order chi connectivity index (χ1) is 41.3. The van der Waals surface area contributed by atoms with E-state index in [9.17, 15) is 67.1 Å². The lowest BCUT2D eigenvalue weighted by molar-refractivity contribution is -0.157. The van der Waals surface area contributed by atoms with E-state index in [2.05, 4.69) is 41.2 Å². The van der Waals surface area contributed by atoms with E-state index in [0.717, 1.165) is 104 Å². The van der Waals surface area contributed by atoms with Gasteiger partial charge >= 0.3 is 36.6 Å². The van der Waals surface area contributed by atoms with Crippen molar-refractivity contribution in [1.82, 2.24) is 25.3 Å². The molecule has 8 heterocycles. The Kier molecular flexibility index (Phi) is 26.5. The third-order valence-corrected chi connectivity index (χ3v) is 14.8. The third kappa shape index (κ3) is 26.2. The van der Waals surface area contributed by atoms with Crippen LogP contribution in [0, 0.1) is 17.8 Å². The van der Waals surface area contributed by atoms with Crippen LogP contribution in [0.4, 0.5) is 70.1 Å². The molecule has 0 aliphatic carbocycles. The molecule has 4 aliphatic heterocycles. The Morgan fingerprint density at radius 2 is 0.933 bits per heavy atom. The molecule has 0 saturated carbocycles. The van der Waals surface area contributed by atoms with Gasteiger partial charge in [-0.05, 0) is 158 Å². The molecule has 0 radical (unpaired) electrons. The minimum atomic E-state index is -4.38. The topological polar surface area (TPSA) is 169 Å². The normalized spacial score (nSPS) is 18.7. The third-order valence-electron chi connectivity index (χ3n) is 13.8. The highest BCUT2D eigenvalue weighted by atomic mass is 79.9. The van der Waals surface area contributed by atoms with Gasteiger partial charge in [0.1, 0.15) is 39.6 Å². The van der Waals surface area contributed by atoms with Crippen LogP contribution in [0.25, 0.3) is 0 Å². The molecule has 0 bridgehead atoms.